The zero-order chi connectivity index (χ0) is 12.6. The van der Waals surface area contributed by atoms with Gasteiger partial charge in [-0.3, -0.25) is 4.79 Å². The third-order valence-electron chi connectivity index (χ3n) is 3.59. The van der Waals surface area contributed by atoms with Gasteiger partial charge in [0.05, 0.1) is 5.92 Å². The fourth-order valence-electron chi connectivity index (χ4n) is 2.93. The van der Waals surface area contributed by atoms with Gasteiger partial charge in [-0.2, -0.15) is 0 Å². The van der Waals surface area contributed by atoms with Gasteiger partial charge in [-0.1, -0.05) is 53.4 Å². The Morgan fingerprint density at radius 2 is 1.31 bits per heavy atom. The van der Waals surface area contributed by atoms with Crippen molar-refractivity contribution in [3.63, 3.8) is 0 Å². The highest BCUT2D eigenvalue weighted by molar-refractivity contribution is 5.70. The Morgan fingerprint density at radius 1 is 0.938 bits per heavy atom. The van der Waals surface area contributed by atoms with Crippen LogP contribution in [-0.4, -0.2) is 11.1 Å². The summed E-state index contributed by atoms with van der Waals surface area (Å²) in [6.07, 6.45) is 7.14. The molecule has 0 bridgehead atoms. The van der Waals surface area contributed by atoms with Gasteiger partial charge >= 0.3 is 5.97 Å². The monoisotopic (exact) mass is 228 g/mol. The maximum Gasteiger partial charge on any atom is 0.306 e. The van der Waals surface area contributed by atoms with E-state index in [0.717, 1.165) is 24.7 Å². The van der Waals surface area contributed by atoms with E-state index < -0.39 is 5.97 Å². The van der Waals surface area contributed by atoms with E-state index in [1.54, 1.807) is 0 Å². The molecule has 0 aromatic heterocycles. The van der Waals surface area contributed by atoms with Crippen molar-refractivity contribution < 1.29 is 9.90 Å². The molecule has 2 atom stereocenters. The van der Waals surface area contributed by atoms with Gasteiger partial charge < -0.3 is 5.11 Å². The number of carbonyl (C=O) groups is 1. The number of hydrogen-bond donors (Lipinski definition) is 1. The van der Waals surface area contributed by atoms with Gasteiger partial charge in [-0.15, -0.1) is 0 Å². The Labute approximate surface area is 100 Å². The topological polar surface area (TPSA) is 37.3 Å². The van der Waals surface area contributed by atoms with Crippen molar-refractivity contribution in [2.24, 2.45) is 17.8 Å². The fourth-order valence-corrected chi connectivity index (χ4v) is 2.93. The van der Waals surface area contributed by atoms with Crippen molar-refractivity contribution in [3.8, 4) is 0 Å². The summed E-state index contributed by atoms with van der Waals surface area (Å²) in [5.74, 6) is 0.919. The average Bonchev–Trinajstić information content (AvgIpc) is 2.78. The van der Waals surface area contributed by atoms with Crippen molar-refractivity contribution in [3.05, 3.63) is 0 Å². The summed E-state index contributed by atoms with van der Waals surface area (Å²) in [6, 6.07) is 0. The largest absolute Gasteiger partial charge is 0.481 e. The van der Waals surface area contributed by atoms with Crippen LogP contribution >= 0.6 is 0 Å². The Hall–Kier alpha value is -0.530. The van der Waals surface area contributed by atoms with Crippen LogP contribution in [-0.2, 0) is 4.79 Å². The lowest BCUT2D eigenvalue weighted by molar-refractivity contribution is -0.141. The number of carboxylic acid groups (broad SMARTS) is 1. The number of hydrogen-bond acceptors (Lipinski definition) is 1. The van der Waals surface area contributed by atoms with Crippen LogP contribution in [0.2, 0.25) is 0 Å². The second-order valence-electron chi connectivity index (χ2n) is 4.31. The van der Waals surface area contributed by atoms with E-state index in [-0.39, 0.29) is 5.92 Å². The van der Waals surface area contributed by atoms with Crippen LogP contribution < -0.4 is 0 Å². The first-order chi connectivity index (χ1) is 7.77. The zero-order valence-corrected chi connectivity index (χ0v) is 11.3. The Balaban J connectivity index is 0.000000509. The molecule has 1 N–H and O–H groups in total. The molecule has 2 fully saturated rings. The Kier molecular flexibility index (Phi) is 8.32. The summed E-state index contributed by atoms with van der Waals surface area (Å²) in [4.78, 5) is 10.7. The first-order valence-corrected chi connectivity index (χ1v) is 7.00. The summed E-state index contributed by atoms with van der Waals surface area (Å²) < 4.78 is 0. The molecule has 2 unspecified atom stereocenters. The molecule has 0 aromatic carbocycles. The molecule has 2 saturated carbocycles. The molecule has 2 rings (SSSR count). The number of rotatable bonds is 1. The smallest absolute Gasteiger partial charge is 0.306 e. The third-order valence-corrected chi connectivity index (χ3v) is 3.59. The van der Waals surface area contributed by atoms with E-state index in [2.05, 4.69) is 0 Å². The SMILES string of the molecule is CC.CC.O=C(O)C1CC2CCCCC2C1. The van der Waals surface area contributed by atoms with Crippen molar-refractivity contribution in [1.29, 1.82) is 0 Å². The lowest BCUT2D eigenvalue weighted by Gasteiger charge is -2.24. The van der Waals surface area contributed by atoms with Gasteiger partial charge in [-0.25, -0.2) is 0 Å². The van der Waals surface area contributed by atoms with E-state index >= 15 is 0 Å². The summed E-state index contributed by atoms with van der Waals surface area (Å²) in [6.45, 7) is 8.00. The molecule has 0 saturated heterocycles. The standard InChI is InChI=1S/C10H16O2.2C2H6/c11-10(12)9-5-7-3-1-2-4-8(7)6-9;2*1-2/h7-9H,1-6H2,(H,11,12);2*1-2H3. The molecule has 2 aliphatic carbocycles. The molecule has 0 spiro atoms. The number of fused-ring (bicyclic) bond motifs is 1. The van der Waals surface area contributed by atoms with E-state index in [4.69, 9.17) is 5.11 Å². The van der Waals surface area contributed by atoms with Crippen molar-refractivity contribution in [2.75, 3.05) is 0 Å². The first kappa shape index (κ1) is 15.5. The molecule has 2 nitrogen and oxygen atoms in total. The molecule has 0 radical (unpaired) electrons. The second kappa shape index (κ2) is 8.60. The van der Waals surface area contributed by atoms with Gasteiger partial charge in [0, 0.05) is 0 Å². The van der Waals surface area contributed by atoms with Gasteiger partial charge in [-0.05, 0) is 24.7 Å². The number of carboxylic acids is 1. The van der Waals surface area contributed by atoms with Crippen molar-refractivity contribution in [2.45, 2.75) is 66.2 Å². The van der Waals surface area contributed by atoms with E-state index in [1.165, 1.54) is 25.7 Å². The fraction of sp³-hybridized carbons (Fsp3) is 0.929. The highest BCUT2D eigenvalue weighted by Gasteiger charge is 2.38. The molecule has 2 aliphatic rings. The van der Waals surface area contributed by atoms with E-state index in [9.17, 15) is 4.79 Å². The van der Waals surface area contributed by atoms with Crippen LogP contribution in [0, 0.1) is 17.8 Å². The van der Waals surface area contributed by atoms with Gasteiger partial charge in [0.1, 0.15) is 0 Å². The van der Waals surface area contributed by atoms with Crippen LogP contribution in [0.25, 0.3) is 0 Å². The maximum atomic E-state index is 10.7. The molecule has 2 heteroatoms. The second-order valence-corrected chi connectivity index (χ2v) is 4.31. The summed E-state index contributed by atoms with van der Waals surface area (Å²) >= 11 is 0. The van der Waals surface area contributed by atoms with Crippen LogP contribution in [0.1, 0.15) is 66.2 Å². The minimum atomic E-state index is -0.565. The molecule has 0 heterocycles. The normalized spacial score (nSPS) is 31.4. The first-order valence-electron chi connectivity index (χ1n) is 7.00. The molecule has 96 valence electrons. The maximum absolute atomic E-state index is 10.7. The lowest BCUT2D eigenvalue weighted by Crippen LogP contribution is -2.12. The van der Waals surface area contributed by atoms with Gasteiger partial charge in [0.2, 0.25) is 0 Å². The van der Waals surface area contributed by atoms with Crippen molar-refractivity contribution in [1.82, 2.24) is 0 Å². The highest BCUT2D eigenvalue weighted by atomic mass is 16.4. The van der Waals surface area contributed by atoms with Crippen LogP contribution in [0.15, 0.2) is 0 Å². The van der Waals surface area contributed by atoms with Crippen molar-refractivity contribution >= 4 is 5.97 Å². The minimum absolute atomic E-state index is 0.0156. The molecule has 0 aliphatic heterocycles. The van der Waals surface area contributed by atoms with Gasteiger partial charge in [0.15, 0.2) is 0 Å². The van der Waals surface area contributed by atoms with Crippen LogP contribution in [0.3, 0.4) is 0 Å². The van der Waals surface area contributed by atoms with E-state index in [0.29, 0.717) is 0 Å². The van der Waals surface area contributed by atoms with Gasteiger partial charge in [0.25, 0.3) is 0 Å². The zero-order valence-electron chi connectivity index (χ0n) is 11.3. The molecule has 16 heavy (non-hydrogen) atoms. The molecular formula is C14H28O2. The number of aliphatic carboxylic acids is 1. The summed E-state index contributed by atoms with van der Waals surface area (Å²) in [5, 5.41) is 8.86. The lowest BCUT2D eigenvalue weighted by atomic mass is 9.82. The third kappa shape index (κ3) is 4.15. The minimum Gasteiger partial charge on any atom is -0.481 e. The Morgan fingerprint density at radius 3 is 1.62 bits per heavy atom. The summed E-state index contributed by atoms with van der Waals surface area (Å²) in [7, 11) is 0. The van der Waals surface area contributed by atoms with Crippen LogP contribution in [0.4, 0.5) is 0 Å². The van der Waals surface area contributed by atoms with Crippen LogP contribution in [0.5, 0.6) is 0 Å². The molecule has 0 amide bonds. The summed E-state index contributed by atoms with van der Waals surface area (Å²) in [5.41, 5.74) is 0. The predicted molar refractivity (Wildman–Crippen MR) is 68.5 cm³/mol. The predicted octanol–water partition coefficient (Wildman–Crippen LogP) is 4.34. The average molecular weight is 228 g/mol. The quantitative estimate of drug-likeness (QED) is 0.725. The van der Waals surface area contributed by atoms with E-state index in [1.807, 2.05) is 27.7 Å². The Bertz CT molecular complexity index is 175. The molecule has 0 aromatic rings. The molecular weight excluding hydrogens is 200 g/mol. The highest BCUT2D eigenvalue weighted by Crippen LogP contribution is 2.44.